The highest BCUT2D eigenvalue weighted by Gasteiger charge is 2.14. The van der Waals surface area contributed by atoms with Gasteiger partial charge in [-0.05, 0) is 43.3 Å². The van der Waals surface area contributed by atoms with Crippen LogP contribution in [0, 0.1) is 5.82 Å². The van der Waals surface area contributed by atoms with Gasteiger partial charge in [0.15, 0.2) is 6.61 Å². The predicted octanol–water partition coefficient (Wildman–Crippen LogP) is 1.46. The summed E-state index contributed by atoms with van der Waals surface area (Å²) >= 11 is 0. The second-order valence-electron chi connectivity index (χ2n) is 4.53. The number of nitrogens with one attached hydrogen (secondary N) is 2. The zero-order valence-electron chi connectivity index (χ0n) is 12.9. The SMILES string of the molecule is CCOc1ncccc1C(=O)NNC(=O)COc1ccc(F)cc1. The Hall–Kier alpha value is -3.16. The Morgan fingerprint density at radius 3 is 2.58 bits per heavy atom. The molecule has 8 heteroatoms. The van der Waals surface area contributed by atoms with Gasteiger partial charge in [0, 0.05) is 6.20 Å². The lowest BCUT2D eigenvalue weighted by molar-refractivity contribution is -0.123. The Bertz CT molecular complexity index is 707. The van der Waals surface area contributed by atoms with E-state index in [9.17, 15) is 14.0 Å². The molecule has 2 rings (SSSR count). The molecule has 0 radical (unpaired) electrons. The lowest BCUT2D eigenvalue weighted by Crippen LogP contribution is -2.44. The summed E-state index contributed by atoms with van der Waals surface area (Å²) in [4.78, 5) is 27.6. The predicted molar refractivity (Wildman–Crippen MR) is 82.9 cm³/mol. The van der Waals surface area contributed by atoms with Crippen LogP contribution in [0.1, 0.15) is 17.3 Å². The van der Waals surface area contributed by atoms with Crippen LogP contribution in [-0.4, -0.2) is 30.0 Å². The van der Waals surface area contributed by atoms with Gasteiger partial charge in [-0.15, -0.1) is 0 Å². The van der Waals surface area contributed by atoms with E-state index >= 15 is 0 Å². The van der Waals surface area contributed by atoms with Gasteiger partial charge in [-0.1, -0.05) is 0 Å². The average molecular weight is 333 g/mol. The first-order chi connectivity index (χ1) is 11.6. The van der Waals surface area contributed by atoms with Gasteiger partial charge >= 0.3 is 0 Å². The zero-order valence-corrected chi connectivity index (χ0v) is 12.9. The molecule has 1 aromatic heterocycles. The van der Waals surface area contributed by atoms with Crippen molar-refractivity contribution in [2.45, 2.75) is 6.92 Å². The molecule has 0 spiro atoms. The van der Waals surface area contributed by atoms with E-state index in [2.05, 4.69) is 15.8 Å². The van der Waals surface area contributed by atoms with Crippen LogP contribution in [0.25, 0.3) is 0 Å². The highest BCUT2D eigenvalue weighted by Crippen LogP contribution is 2.13. The molecule has 126 valence electrons. The first kappa shape index (κ1) is 17.2. The molecule has 0 bridgehead atoms. The van der Waals surface area contributed by atoms with E-state index in [-0.39, 0.29) is 18.1 Å². The second kappa shape index (κ2) is 8.47. The lowest BCUT2D eigenvalue weighted by atomic mass is 10.2. The molecule has 2 amide bonds. The number of aromatic nitrogens is 1. The Morgan fingerprint density at radius 2 is 1.88 bits per heavy atom. The maximum Gasteiger partial charge on any atom is 0.276 e. The first-order valence-electron chi connectivity index (χ1n) is 7.15. The smallest absolute Gasteiger partial charge is 0.276 e. The van der Waals surface area contributed by atoms with Crippen molar-refractivity contribution < 1.29 is 23.5 Å². The van der Waals surface area contributed by atoms with Crippen molar-refractivity contribution >= 4 is 11.8 Å². The molecule has 2 N–H and O–H groups in total. The Morgan fingerprint density at radius 1 is 1.12 bits per heavy atom. The number of rotatable bonds is 6. The van der Waals surface area contributed by atoms with Crippen LogP contribution in [0.4, 0.5) is 4.39 Å². The number of hydrogen-bond acceptors (Lipinski definition) is 5. The summed E-state index contributed by atoms with van der Waals surface area (Å²) in [7, 11) is 0. The van der Waals surface area contributed by atoms with Crippen LogP contribution >= 0.6 is 0 Å². The topological polar surface area (TPSA) is 89.5 Å². The van der Waals surface area contributed by atoms with Gasteiger partial charge in [-0.25, -0.2) is 9.37 Å². The van der Waals surface area contributed by atoms with E-state index in [1.807, 2.05) is 0 Å². The molecule has 0 atom stereocenters. The van der Waals surface area contributed by atoms with Gasteiger partial charge in [0.2, 0.25) is 5.88 Å². The largest absolute Gasteiger partial charge is 0.484 e. The number of hydrazine groups is 1. The van der Waals surface area contributed by atoms with Crippen molar-refractivity contribution in [1.82, 2.24) is 15.8 Å². The van der Waals surface area contributed by atoms with Crippen LogP contribution in [-0.2, 0) is 4.79 Å². The number of nitrogens with zero attached hydrogens (tertiary/aromatic N) is 1. The van der Waals surface area contributed by atoms with Crippen LogP contribution < -0.4 is 20.3 Å². The monoisotopic (exact) mass is 333 g/mol. The number of amides is 2. The molecular weight excluding hydrogens is 317 g/mol. The standard InChI is InChI=1S/C16H16FN3O4/c1-2-23-16-13(4-3-9-18-16)15(22)20-19-14(21)10-24-12-7-5-11(17)6-8-12/h3-9H,2,10H2,1H3,(H,19,21)(H,20,22). The van der Waals surface area contributed by atoms with Gasteiger partial charge in [-0.2, -0.15) is 0 Å². The number of carbonyl (C=O) groups is 2. The van der Waals surface area contributed by atoms with Gasteiger partial charge in [-0.3, -0.25) is 20.4 Å². The van der Waals surface area contributed by atoms with Crippen molar-refractivity contribution in [3.63, 3.8) is 0 Å². The molecule has 2 aromatic rings. The number of hydrogen-bond donors (Lipinski definition) is 2. The van der Waals surface area contributed by atoms with Gasteiger partial charge in [0.1, 0.15) is 17.1 Å². The van der Waals surface area contributed by atoms with E-state index in [1.54, 1.807) is 13.0 Å². The third-order valence-electron chi connectivity index (χ3n) is 2.80. The van der Waals surface area contributed by atoms with E-state index in [0.717, 1.165) is 0 Å². The quantitative estimate of drug-likeness (QED) is 0.781. The molecule has 1 heterocycles. The minimum atomic E-state index is -0.575. The maximum atomic E-state index is 12.7. The fourth-order valence-electron chi connectivity index (χ4n) is 1.72. The lowest BCUT2D eigenvalue weighted by Gasteiger charge is -2.10. The molecule has 0 saturated heterocycles. The van der Waals surface area contributed by atoms with Crippen molar-refractivity contribution in [3.05, 3.63) is 54.0 Å². The number of ether oxygens (including phenoxy) is 2. The third-order valence-corrected chi connectivity index (χ3v) is 2.80. The zero-order chi connectivity index (χ0) is 17.4. The molecule has 1 aromatic carbocycles. The molecule has 0 fully saturated rings. The van der Waals surface area contributed by atoms with Gasteiger partial charge < -0.3 is 9.47 Å². The molecule has 24 heavy (non-hydrogen) atoms. The summed E-state index contributed by atoms with van der Waals surface area (Å²) in [5.74, 6) is -1.03. The van der Waals surface area contributed by atoms with Crippen molar-refractivity contribution in [2.75, 3.05) is 13.2 Å². The summed E-state index contributed by atoms with van der Waals surface area (Å²) in [6, 6.07) is 8.32. The summed E-state index contributed by atoms with van der Waals surface area (Å²) in [6.45, 7) is 1.79. The van der Waals surface area contributed by atoms with Crippen LogP contribution in [0.3, 0.4) is 0 Å². The summed E-state index contributed by atoms with van der Waals surface area (Å²) in [6.07, 6.45) is 1.50. The van der Waals surface area contributed by atoms with E-state index < -0.39 is 17.6 Å². The second-order valence-corrected chi connectivity index (χ2v) is 4.53. The minimum Gasteiger partial charge on any atom is -0.484 e. The molecule has 0 aliphatic carbocycles. The minimum absolute atomic E-state index is 0.175. The number of halogens is 1. The highest BCUT2D eigenvalue weighted by atomic mass is 19.1. The molecule has 0 unspecified atom stereocenters. The third kappa shape index (κ3) is 4.94. The van der Waals surface area contributed by atoms with Crippen LogP contribution in [0.15, 0.2) is 42.6 Å². The first-order valence-corrected chi connectivity index (χ1v) is 7.15. The van der Waals surface area contributed by atoms with Crippen LogP contribution in [0.5, 0.6) is 11.6 Å². The molecule has 0 saturated carbocycles. The van der Waals surface area contributed by atoms with E-state index in [4.69, 9.17) is 9.47 Å². The van der Waals surface area contributed by atoms with Crippen molar-refractivity contribution in [2.24, 2.45) is 0 Å². The van der Waals surface area contributed by atoms with Gasteiger partial charge in [0.25, 0.3) is 11.8 Å². The molecule has 0 aliphatic rings. The fourth-order valence-corrected chi connectivity index (χ4v) is 1.72. The summed E-state index contributed by atoms with van der Waals surface area (Å²) < 4.78 is 23.1. The Kier molecular flexibility index (Phi) is 6.07. The fraction of sp³-hybridized carbons (Fsp3) is 0.188. The van der Waals surface area contributed by atoms with E-state index in [1.165, 1.54) is 36.5 Å². The number of benzene rings is 1. The van der Waals surface area contributed by atoms with Crippen LogP contribution in [0.2, 0.25) is 0 Å². The Balaban J connectivity index is 1.83. The summed E-state index contributed by atoms with van der Waals surface area (Å²) in [5, 5.41) is 0. The molecule has 0 aliphatic heterocycles. The maximum absolute atomic E-state index is 12.7. The molecule has 7 nitrogen and oxygen atoms in total. The van der Waals surface area contributed by atoms with Crippen molar-refractivity contribution in [3.8, 4) is 11.6 Å². The average Bonchev–Trinajstić information content (AvgIpc) is 2.60. The van der Waals surface area contributed by atoms with E-state index in [0.29, 0.717) is 12.4 Å². The summed E-state index contributed by atoms with van der Waals surface area (Å²) in [5.41, 5.74) is 4.65. The number of pyridine rings is 1. The highest BCUT2D eigenvalue weighted by molar-refractivity contribution is 5.97. The molecular formula is C16H16FN3O4. The number of carbonyl (C=O) groups excluding carboxylic acids is 2. The van der Waals surface area contributed by atoms with Crippen molar-refractivity contribution in [1.29, 1.82) is 0 Å². The normalized spacial score (nSPS) is 9.92. The Labute approximate surface area is 137 Å². The van der Waals surface area contributed by atoms with Gasteiger partial charge in [0.05, 0.1) is 6.61 Å².